The van der Waals surface area contributed by atoms with Gasteiger partial charge in [0.15, 0.2) is 15.5 Å². The average Bonchev–Trinajstić information content (AvgIpc) is 2.82. The third-order valence-electron chi connectivity index (χ3n) is 3.85. The maximum atomic E-state index is 12.4. The molecule has 7 heteroatoms. The largest absolute Gasteiger partial charge is 0.380 e. The molecule has 2 aromatic heterocycles. The van der Waals surface area contributed by atoms with E-state index in [4.69, 9.17) is 0 Å². The van der Waals surface area contributed by atoms with Crippen molar-refractivity contribution in [2.45, 2.75) is 24.8 Å². The van der Waals surface area contributed by atoms with E-state index in [2.05, 4.69) is 15.4 Å². The molecule has 24 heavy (non-hydrogen) atoms. The fourth-order valence-electron chi connectivity index (χ4n) is 2.77. The Kier molecular flexibility index (Phi) is 4.28. The van der Waals surface area contributed by atoms with Gasteiger partial charge in [-0.2, -0.15) is 5.10 Å². The molecule has 0 fully saturated rings. The first-order chi connectivity index (χ1) is 11.4. The molecule has 2 heterocycles. The minimum Gasteiger partial charge on any atom is -0.380 e. The van der Waals surface area contributed by atoms with E-state index in [9.17, 15) is 8.42 Å². The maximum Gasteiger partial charge on any atom is 0.180 e. The van der Waals surface area contributed by atoms with Crippen LogP contribution in [0.25, 0.3) is 11.0 Å². The second kappa shape index (κ2) is 6.24. The van der Waals surface area contributed by atoms with Crippen LogP contribution < -0.4 is 5.32 Å². The van der Waals surface area contributed by atoms with Crippen LogP contribution in [0, 0.1) is 6.92 Å². The zero-order valence-corrected chi connectivity index (χ0v) is 14.7. The van der Waals surface area contributed by atoms with E-state index in [1.165, 1.54) is 0 Å². The summed E-state index contributed by atoms with van der Waals surface area (Å²) in [4.78, 5) is 4.74. The maximum absolute atomic E-state index is 12.4. The normalized spacial score (nSPS) is 13.1. The highest BCUT2D eigenvalue weighted by Crippen LogP contribution is 2.20. The van der Waals surface area contributed by atoms with Crippen LogP contribution in [-0.4, -0.2) is 35.0 Å². The van der Waals surface area contributed by atoms with Crippen molar-refractivity contribution < 1.29 is 8.42 Å². The van der Waals surface area contributed by atoms with Gasteiger partial charge in [-0.1, -0.05) is 18.2 Å². The number of benzene rings is 1. The molecular formula is C17H20N4O2S. The summed E-state index contributed by atoms with van der Waals surface area (Å²) in [7, 11) is -1.47. The van der Waals surface area contributed by atoms with Gasteiger partial charge in [-0.3, -0.25) is 4.68 Å². The van der Waals surface area contributed by atoms with Crippen molar-refractivity contribution >= 4 is 26.6 Å². The van der Waals surface area contributed by atoms with Crippen LogP contribution in [0.3, 0.4) is 0 Å². The number of hydrogen-bond donors (Lipinski definition) is 1. The lowest BCUT2D eigenvalue weighted by atomic mass is 10.2. The van der Waals surface area contributed by atoms with Crippen LogP contribution in [0.2, 0.25) is 0 Å². The Labute approximate surface area is 141 Å². The molecule has 0 radical (unpaired) electrons. The number of nitrogens with zero attached hydrogens (tertiary/aromatic N) is 3. The Morgan fingerprint density at radius 1 is 1.25 bits per heavy atom. The summed E-state index contributed by atoms with van der Waals surface area (Å²) in [5.41, 5.74) is 2.49. The summed E-state index contributed by atoms with van der Waals surface area (Å²) < 4.78 is 26.6. The molecule has 1 N–H and O–H groups in total. The average molecular weight is 344 g/mol. The van der Waals surface area contributed by atoms with Crippen molar-refractivity contribution in [3.8, 4) is 0 Å². The van der Waals surface area contributed by atoms with Crippen LogP contribution in [0.5, 0.6) is 0 Å². The van der Waals surface area contributed by atoms with Gasteiger partial charge in [0, 0.05) is 18.5 Å². The van der Waals surface area contributed by atoms with E-state index in [-0.39, 0.29) is 11.8 Å². The molecule has 0 amide bonds. The van der Waals surface area contributed by atoms with Crippen LogP contribution in [-0.2, 0) is 16.9 Å². The van der Waals surface area contributed by atoms with E-state index >= 15 is 0 Å². The number of aromatic nitrogens is 3. The van der Waals surface area contributed by atoms with E-state index in [0.29, 0.717) is 4.90 Å². The molecule has 6 nitrogen and oxygen atoms in total. The molecule has 3 rings (SSSR count). The number of nitrogens with one attached hydrogen (secondary N) is 1. The fourth-order valence-corrected chi connectivity index (χ4v) is 4.27. The Balaban J connectivity index is 1.77. The molecule has 1 aromatic carbocycles. The van der Waals surface area contributed by atoms with Gasteiger partial charge < -0.3 is 5.32 Å². The highest BCUT2D eigenvalue weighted by molar-refractivity contribution is 7.91. The number of aryl methyl sites for hydroxylation is 2. The Morgan fingerprint density at radius 3 is 2.67 bits per heavy atom. The number of rotatable bonds is 5. The van der Waals surface area contributed by atoms with Gasteiger partial charge >= 0.3 is 0 Å². The summed E-state index contributed by atoms with van der Waals surface area (Å²) in [5.74, 6) is 0.0150. The number of sulfone groups is 1. The predicted octanol–water partition coefficient (Wildman–Crippen LogP) is 2.55. The molecule has 0 aliphatic rings. The molecule has 0 spiro atoms. The first-order valence-corrected chi connectivity index (χ1v) is 9.36. The lowest BCUT2D eigenvalue weighted by Gasteiger charge is -2.15. The second-order valence-corrected chi connectivity index (χ2v) is 7.98. The molecule has 0 aliphatic carbocycles. The molecule has 3 aromatic rings. The third-order valence-corrected chi connectivity index (χ3v) is 5.78. The van der Waals surface area contributed by atoms with Crippen LogP contribution in [0.4, 0.5) is 5.69 Å². The summed E-state index contributed by atoms with van der Waals surface area (Å²) in [5, 5.41) is 8.52. The summed E-state index contributed by atoms with van der Waals surface area (Å²) >= 11 is 0. The van der Waals surface area contributed by atoms with Crippen LogP contribution in [0.1, 0.15) is 12.6 Å². The summed E-state index contributed by atoms with van der Waals surface area (Å²) in [6.45, 7) is 3.78. The second-order valence-electron chi connectivity index (χ2n) is 5.94. The highest BCUT2D eigenvalue weighted by atomic mass is 32.2. The molecule has 1 unspecified atom stereocenters. The first-order valence-electron chi connectivity index (χ1n) is 7.70. The van der Waals surface area contributed by atoms with Gasteiger partial charge in [0.25, 0.3) is 0 Å². The zero-order valence-electron chi connectivity index (χ0n) is 13.9. The minimum atomic E-state index is -3.33. The topological polar surface area (TPSA) is 76.9 Å². The van der Waals surface area contributed by atoms with Crippen molar-refractivity contribution in [2.75, 3.05) is 11.1 Å². The Morgan fingerprint density at radius 2 is 1.96 bits per heavy atom. The van der Waals surface area contributed by atoms with E-state index in [1.54, 1.807) is 41.2 Å². The number of pyridine rings is 1. The smallest absolute Gasteiger partial charge is 0.180 e. The molecule has 0 bridgehead atoms. The van der Waals surface area contributed by atoms with Crippen molar-refractivity contribution in [1.29, 1.82) is 0 Å². The zero-order chi connectivity index (χ0) is 17.3. The quantitative estimate of drug-likeness (QED) is 0.770. The molecule has 1 atom stereocenters. The van der Waals surface area contributed by atoms with Gasteiger partial charge in [0.2, 0.25) is 0 Å². The monoisotopic (exact) mass is 344 g/mol. The van der Waals surface area contributed by atoms with Crippen molar-refractivity contribution in [1.82, 2.24) is 14.8 Å². The highest BCUT2D eigenvalue weighted by Gasteiger charge is 2.18. The first kappa shape index (κ1) is 16.4. The Hall–Kier alpha value is -2.41. The van der Waals surface area contributed by atoms with Gasteiger partial charge in [0.1, 0.15) is 0 Å². The van der Waals surface area contributed by atoms with E-state index in [1.807, 2.05) is 27.0 Å². The standard InChI is InChI=1S/C17H20N4O2S/c1-12(11-24(22,23)15-7-5-4-6-8-15)19-14-9-16-13(2)20-21(3)17(16)18-10-14/h4-10,12,19H,11H2,1-3H3. The molecule has 0 saturated carbocycles. The lowest BCUT2D eigenvalue weighted by molar-refractivity contribution is 0.592. The van der Waals surface area contributed by atoms with Crippen molar-refractivity contribution in [2.24, 2.45) is 7.05 Å². The summed E-state index contributed by atoms with van der Waals surface area (Å²) in [6.07, 6.45) is 1.70. The minimum absolute atomic E-state index is 0.0150. The van der Waals surface area contributed by atoms with E-state index < -0.39 is 9.84 Å². The van der Waals surface area contributed by atoms with Crippen LogP contribution in [0.15, 0.2) is 47.5 Å². The van der Waals surface area contributed by atoms with Crippen LogP contribution >= 0.6 is 0 Å². The fraction of sp³-hybridized carbons (Fsp3) is 0.294. The van der Waals surface area contributed by atoms with Gasteiger partial charge in [-0.05, 0) is 32.0 Å². The van der Waals surface area contributed by atoms with Gasteiger partial charge in [-0.15, -0.1) is 0 Å². The third kappa shape index (κ3) is 3.26. The predicted molar refractivity (Wildman–Crippen MR) is 94.8 cm³/mol. The van der Waals surface area contributed by atoms with Gasteiger partial charge in [0.05, 0.1) is 28.2 Å². The molecule has 126 valence electrons. The van der Waals surface area contributed by atoms with Crippen molar-refractivity contribution in [3.63, 3.8) is 0 Å². The number of hydrogen-bond acceptors (Lipinski definition) is 5. The summed E-state index contributed by atoms with van der Waals surface area (Å²) in [6, 6.07) is 10.2. The Bertz CT molecular complexity index is 965. The molecule has 0 aliphatic heterocycles. The number of anilines is 1. The van der Waals surface area contributed by atoms with Crippen molar-refractivity contribution in [3.05, 3.63) is 48.3 Å². The van der Waals surface area contributed by atoms with Gasteiger partial charge in [-0.25, -0.2) is 13.4 Å². The SMILES string of the molecule is Cc1nn(C)c2ncc(NC(C)CS(=O)(=O)c3ccccc3)cc12. The lowest BCUT2D eigenvalue weighted by Crippen LogP contribution is -2.25. The number of fused-ring (bicyclic) bond motifs is 1. The van der Waals surface area contributed by atoms with E-state index in [0.717, 1.165) is 22.4 Å². The molecular weight excluding hydrogens is 324 g/mol. The molecule has 0 saturated heterocycles.